The molecule has 0 radical (unpaired) electrons. The Morgan fingerprint density at radius 3 is 2.70 bits per heavy atom. The summed E-state index contributed by atoms with van der Waals surface area (Å²) in [6, 6.07) is 3.80. The first-order valence-corrected chi connectivity index (χ1v) is 6.54. The second-order valence-corrected chi connectivity index (χ2v) is 5.03. The van der Waals surface area contributed by atoms with E-state index in [1.165, 1.54) is 0 Å². The summed E-state index contributed by atoms with van der Waals surface area (Å²) in [7, 11) is 0. The molecular formula is C14H18N4O2. The van der Waals surface area contributed by atoms with Gasteiger partial charge in [0.1, 0.15) is 0 Å². The van der Waals surface area contributed by atoms with Crippen LogP contribution in [0.25, 0.3) is 0 Å². The van der Waals surface area contributed by atoms with Gasteiger partial charge in [-0.3, -0.25) is 4.98 Å². The quantitative estimate of drug-likeness (QED) is 0.778. The highest BCUT2D eigenvalue weighted by atomic mass is 16.5. The smallest absolute Gasteiger partial charge is 0.360 e. The Morgan fingerprint density at radius 1 is 1.35 bits per heavy atom. The number of aromatic nitrogens is 4. The molecule has 6 heteroatoms. The van der Waals surface area contributed by atoms with Crippen LogP contribution < -0.4 is 0 Å². The van der Waals surface area contributed by atoms with E-state index in [1.54, 1.807) is 17.1 Å². The van der Waals surface area contributed by atoms with Gasteiger partial charge in [0.15, 0.2) is 5.69 Å². The molecule has 6 nitrogen and oxygen atoms in total. The molecule has 2 rings (SSSR count). The molecule has 0 saturated carbocycles. The highest BCUT2D eigenvalue weighted by Gasteiger charge is 2.18. The first-order valence-electron chi connectivity index (χ1n) is 6.54. The van der Waals surface area contributed by atoms with E-state index in [1.807, 2.05) is 32.9 Å². The minimum Gasteiger partial charge on any atom is -0.461 e. The molecule has 20 heavy (non-hydrogen) atoms. The summed E-state index contributed by atoms with van der Waals surface area (Å²) in [6.45, 7) is 6.72. The Balaban J connectivity index is 2.09. The largest absolute Gasteiger partial charge is 0.461 e. The molecule has 0 aliphatic carbocycles. The Hall–Kier alpha value is -2.24. The van der Waals surface area contributed by atoms with Crippen LogP contribution in [-0.4, -0.2) is 32.6 Å². The van der Waals surface area contributed by atoms with E-state index >= 15 is 0 Å². The molecule has 0 spiro atoms. The van der Waals surface area contributed by atoms with Gasteiger partial charge in [0.2, 0.25) is 0 Å². The van der Waals surface area contributed by atoms with E-state index in [4.69, 9.17) is 4.74 Å². The van der Waals surface area contributed by atoms with Crippen LogP contribution in [0.15, 0.2) is 24.5 Å². The minimum atomic E-state index is -0.419. The number of nitrogens with zero attached hydrogens (tertiary/aromatic N) is 4. The van der Waals surface area contributed by atoms with Crippen LogP contribution in [-0.2, 0) is 11.3 Å². The zero-order valence-electron chi connectivity index (χ0n) is 11.9. The van der Waals surface area contributed by atoms with Gasteiger partial charge in [0, 0.05) is 12.4 Å². The van der Waals surface area contributed by atoms with Gasteiger partial charge >= 0.3 is 5.97 Å². The van der Waals surface area contributed by atoms with Crippen molar-refractivity contribution in [3.05, 3.63) is 41.5 Å². The molecule has 0 amide bonds. The zero-order valence-corrected chi connectivity index (χ0v) is 11.9. The number of pyridine rings is 1. The molecule has 0 saturated heterocycles. The maximum absolute atomic E-state index is 11.9. The van der Waals surface area contributed by atoms with Gasteiger partial charge in [-0.15, -0.1) is 5.10 Å². The molecule has 0 bridgehead atoms. The van der Waals surface area contributed by atoms with Crippen molar-refractivity contribution >= 4 is 5.97 Å². The maximum atomic E-state index is 11.9. The average Bonchev–Trinajstić information content (AvgIpc) is 2.79. The van der Waals surface area contributed by atoms with Crippen molar-refractivity contribution in [1.29, 1.82) is 0 Å². The number of esters is 1. The normalized spacial score (nSPS) is 10.8. The van der Waals surface area contributed by atoms with Crippen molar-refractivity contribution in [2.45, 2.75) is 27.3 Å². The minimum absolute atomic E-state index is 0.278. The standard InChI is InChI=1S/C14H18N4O2/c1-10(2)9-20-14(19)13-11(3)18(17-16-13)8-12-4-6-15-7-5-12/h4-7,10H,8-9H2,1-3H3. The average molecular weight is 274 g/mol. The number of rotatable bonds is 5. The van der Waals surface area contributed by atoms with Crippen LogP contribution >= 0.6 is 0 Å². The highest BCUT2D eigenvalue weighted by Crippen LogP contribution is 2.09. The molecule has 2 aromatic heterocycles. The SMILES string of the molecule is Cc1c(C(=O)OCC(C)C)nnn1Cc1ccncc1. The molecule has 2 heterocycles. The van der Waals surface area contributed by atoms with Gasteiger partial charge in [-0.05, 0) is 30.5 Å². The Morgan fingerprint density at radius 2 is 2.05 bits per heavy atom. The molecule has 2 aromatic rings. The second-order valence-electron chi connectivity index (χ2n) is 5.03. The topological polar surface area (TPSA) is 69.9 Å². The zero-order chi connectivity index (χ0) is 14.5. The molecule has 0 aliphatic rings. The van der Waals surface area contributed by atoms with Gasteiger partial charge in [0.05, 0.1) is 18.8 Å². The molecule has 0 atom stereocenters. The molecule has 0 aromatic carbocycles. The second kappa shape index (κ2) is 6.27. The van der Waals surface area contributed by atoms with Gasteiger partial charge in [0.25, 0.3) is 0 Å². The van der Waals surface area contributed by atoms with E-state index in [0.29, 0.717) is 24.8 Å². The molecule has 0 aliphatic heterocycles. The Bertz CT molecular complexity index is 578. The lowest BCUT2D eigenvalue weighted by Gasteiger charge is -2.06. The summed E-state index contributed by atoms with van der Waals surface area (Å²) in [5.41, 5.74) is 2.03. The first-order chi connectivity index (χ1) is 9.58. The summed E-state index contributed by atoms with van der Waals surface area (Å²) < 4.78 is 6.85. The fourth-order valence-electron chi connectivity index (χ4n) is 1.67. The summed E-state index contributed by atoms with van der Waals surface area (Å²) in [5, 5.41) is 7.92. The predicted octanol–water partition coefficient (Wildman–Crippen LogP) is 1.84. The third-order valence-electron chi connectivity index (χ3n) is 2.81. The number of ether oxygens (including phenoxy) is 1. The summed E-state index contributed by atoms with van der Waals surface area (Å²) in [5.74, 6) is -0.122. The van der Waals surface area contributed by atoms with Crippen molar-refractivity contribution < 1.29 is 9.53 Å². The summed E-state index contributed by atoms with van der Waals surface area (Å²) in [6.07, 6.45) is 3.44. The van der Waals surface area contributed by atoms with E-state index in [2.05, 4.69) is 15.3 Å². The Labute approximate surface area is 117 Å². The van der Waals surface area contributed by atoms with Gasteiger partial charge in [-0.25, -0.2) is 9.48 Å². The fourth-order valence-corrected chi connectivity index (χ4v) is 1.67. The van der Waals surface area contributed by atoms with Crippen LogP contribution in [0.2, 0.25) is 0 Å². The van der Waals surface area contributed by atoms with Crippen molar-refractivity contribution in [3.8, 4) is 0 Å². The van der Waals surface area contributed by atoms with Gasteiger partial charge < -0.3 is 4.74 Å². The third-order valence-corrected chi connectivity index (χ3v) is 2.81. The molecule has 0 fully saturated rings. The Kier molecular flexibility index (Phi) is 4.45. The first kappa shape index (κ1) is 14.2. The lowest BCUT2D eigenvalue weighted by molar-refractivity contribution is 0.0451. The summed E-state index contributed by atoms with van der Waals surface area (Å²) in [4.78, 5) is 15.9. The number of hydrogen-bond donors (Lipinski definition) is 0. The van der Waals surface area contributed by atoms with Crippen LogP contribution in [0, 0.1) is 12.8 Å². The highest BCUT2D eigenvalue weighted by molar-refractivity contribution is 5.88. The van der Waals surface area contributed by atoms with Crippen LogP contribution in [0.3, 0.4) is 0 Å². The molecule has 0 N–H and O–H groups in total. The number of hydrogen-bond acceptors (Lipinski definition) is 5. The monoisotopic (exact) mass is 274 g/mol. The predicted molar refractivity (Wildman–Crippen MR) is 73.2 cm³/mol. The van der Waals surface area contributed by atoms with E-state index in [0.717, 1.165) is 5.56 Å². The van der Waals surface area contributed by atoms with Gasteiger partial charge in [-0.2, -0.15) is 0 Å². The van der Waals surface area contributed by atoms with Crippen molar-refractivity contribution in [2.24, 2.45) is 5.92 Å². The maximum Gasteiger partial charge on any atom is 0.360 e. The number of carbonyl (C=O) groups excluding carboxylic acids is 1. The van der Waals surface area contributed by atoms with E-state index in [9.17, 15) is 4.79 Å². The van der Waals surface area contributed by atoms with Gasteiger partial charge in [-0.1, -0.05) is 19.1 Å². The van der Waals surface area contributed by atoms with E-state index < -0.39 is 5.97 Å². The molecular weight excluding hydrogens is 256 g/mol. The van der Waals surface area contributed by atoms with Crippen LogP contribution in [0.5, 0.6) is 0 Å². The van der Waals surface area contributed by atoms with Crippen LogP contribution in [0.1, 0.15) is 35.6 Å². The fraction of sp³-hybridized carbons (Fsp3) is 0.429. The van der Waals surface area contributed by atoms with Crippen molar-refractivity contribution in [2.75, 3.05) is 6.61 Å². The third kappa shape index (κ3) is 3.40. The molecule has 106 valence electrons. The van der Waals surface area contributed by atoms with E-state index in [-0.39, 0.29) is 5.69 Å². The van der Waals surface area contributed by atoms with Crippen molar-refractivity contribution in [1.82, 2.24) is 20.0 Å². The lowest BCUT2D eigenvalue weighted by Crippen LogP contribution is -2.12. The summed E-state index contributed by atoms with van der Waals surface area (Å²) >= 11 is 0. The molecule has 0 unspecified atom stereocenters. The lowest BCUT2D eigenvalue weighted by atomic mass is 10.2. The van der Waals surface area contributed by atoms with Crippen LogP contribution in [0.4, 0.5) is 0 Å². The number of carbonyl (C=O) groups is 1. The van der Waals surface area contributed by atoms with Crippen molar-refractivity contribution in [3.63, 3.8) is 0 Å².